The number of carbonyl (C=O) groups excluding carboxylic acids is 2. The van der Waals surface area contributed by atoms with Crippen molar-refractivity contribution in [3.63, 3.8) is 0 Å². The quantitative estimate of drug-likeness (QED) is 0.648. The standard InChI is InChI=1S/C20H28N4O4/c1-2-24-12-16(17(23-24)19(26)21-13-8-4-3-5-9-13)22-18(25)14-10-6-7-11-15(14)20(27)28/h6-7,12-15H,2-5,8-11H2,1H3,(H,21,26)(H,22,25)(H,27,28)/t14-,15+/m1/s1. The summed E-state index contributed by atoms with van der Waals surface area (Å²) in [5.74, 6) is -3.09. The molecule has 8 nitrogen and oxygen atoms in total. The van der Waals surface area contributed by atoms with Gasteiger partial charge < -0.3 is 15.7 Å². The minimum Gasteiger partial charge on any atom is -0.481 e. The van der Waals surface area contributed by atoms with Crippen LogP contribution in [-0.4, -0.2) is 38.7 Å². The first-order valence-corrected chi connectivity index (χ1v) is 10.1. The van der Waals surface area contributed by atoms with Crippen LogP contribution in [0.15, 0.2) is 18.3 Å². The first kappa shape index (κ1) is 20.1. The number of hydrogen-bond acceptors (Lipinski definition) is 4. The minimum absolute atomic E-state index is 0.136. The second kappa shape index (κ2) is 9.03. The van der Waals surface area contributed by atoms with E-state index in [4.69, 9.17) is 0 Å². The average Bonchev–Trinajstić information content (AvgIpc) is 3.11. The molecule has 152 valence electrons. The van der Waals surface area contributed by atoms with Gasteiger partial charge in [-0.25, -0.2) is 0 Å². The van der Waals surface area contributed by atoms with Crippen LogP contribution >= 0.6 is 0 Å². The third-order valence-corrected chi connectivity index (χ3v) is 5.59. The number of carboxylic acids is 1. The molecular weight excluding hydrogens is 360 g/mol. The van der Waals surface area contributed by atoms with Crippen molar-refractivity contribution < 1.29 is 19.5 Å². The van der Waals surface area contributed by atoms with Crippen molar-refractivity contribution in [2.75, 3.05) is 5.32 Å². The van der Waals surface area contributed by atoms with Crippen molar-refractivity contribution in [1.29, 1.82) is 0 Å². The molecule has 8 heteroatoms. The molecule has 3 N–H and O–H groups in total. The van der Waals surface area contributed by atoms with Crippen molar-refractivity contribution in [1.82, 2.24) is 15.1 Å². The second-order valence-corrected chi connectivity index (χ2v) is 7.54. The zero-order chi connectivity index (χ0) is 20.1. The molecule has 0 radical (unpaired) electrons. The van der Waals surface area contributed by atoms with E-state index in [0.29, 0.717) is 25.1 Å². The van der Waals surface area contributed by atoms with Crippen LogP contribution in [0.1, 0.15) is 62.4 Å². The molecule has 0 unspecified atom stereocenters. The molecule has 1 aromatic rings. The molecular formula is C20H28N4O4. The number of aromatic nitrogens is 2. The SMILES string of the molecule is CCn1cc(NC(=O)[C@@H]2CC=CC[C@@H]2C(=O)O)c(C(=O)NC2CCCCC2)n1. The topological polar surface area (TPSA) is 113 Å². The predicted molar refractivity (Wildman–Crippen MR) is 104 cm³/mol. The molecule has 1 heterocycles. The number of allylic oxidation sites excluding steroid dienone is 2. The molecule has 3 rings (SSSR count). The van der Waals surface area contributed by atoms with Gasteiger partial charge in [0.2, 0.25) is 5.91 Å². The summed E-state index contributed by atoms with van der Waals surface area (Å²) >= 11 is 0. The van der Waals surface area contributed by atoms with Gasteiger partial charge in [0.1, 0.15) is 0 Å². The van der Waals surface area contributed by atoms with E-state index < -0.39 is 17.8 Å². The number of aryl methyl sites for hydroxylation is 1. The summed E-state index contributed by atoms with van der Waals surface area (Å²) in [4.78, 5) is 37.0. The fourth-order valence-electron chi connectivity index (χ4n) is 3.95. The summed E-state index contributed by atoms with van der Waals surface area (Å²) in [7, 11) is 0. The molecule has 28 heavy (non-hydrogen) atoms. The Morgan fingerprint density at radius 1 is 1.14 bits per heavy atom. The fourth-order valence-corrected chi connectivity index (χ4v) is 3.95. The molecule has 2 atom stereocenters. The molecule has 0 aliphatic heterocycles. The summed E-state index contributed by atoms with van der Waals surface area (Å²) in [6, 6.07) is 0.136. The second-order valence-electron chi connectivity index (χ2n) is 7.54. The maximum Gasteiger partial charge on any atom is 0.307 e. The Morgan fingerprint density at radius 2 is 1.82 bits per heavy atom. The lowest BCUT2D eigenvalue weighted by Crippen LogP contribution is -2.37. The van der Waals surface area contributed by atoms with Gasteiger partial charge in [0.05, 0.1) is 17.5 Å². The van der Waals surface area contributed by atoms with Gasteiger partial charge in [-0.3, -0.25) is 19.1 Å². The maximum atomic E-state index is 12.8. The van der Waals surface area contributed by atoms with Crippen molar-refractivity contribution >= 4 is 23.5 Å². The number of carbonyl (C=O) groups is 3. The maximum absolute atomic E-state index is 12.8. The van der Waals surface area contributed by atoms with Crippen molar-refractivity contribution in [2.24, 2.45) is 11.8 Å². The molecule has 1 aromatic heterocycles. The monoisotopic (exact) mass is 388 g/mol. The highest BCUT2D eigenvalue weighted by Crippen LogP contribution is 2.28. The average molecular weight is 388 g/mol. The summed E-state index contributed by atoms with van der Waals surface area (Å²) in [6.07, 6.45) is 11.3. The molecule has 2 aliphatic rings. The van der Waals surface area contributed by atoms with Gasteiger partial charge in [0.15, 0.2) is 5.69 Å². The number of amides is 2. The van der Waals surface area contributed by atoms with Crippen LogP contribution in [0.2, 0.25) is 0 Å². The molecule has 2 aliphatic carbocycles. The Morgan fingerprint density at radius 3 is 2.46 bits per heavy atom. The fraction of sp³-hybridized carbons (Fsp3) is 0.600. The Labute approximate surface area is 164 Å². The molecule has 0 spiro atoms. The van der Waals surface area contributed by atoms with E-state index in [9.17, 15) is 19.5 Å². The number of nitrogens with one attached hydrogen (secondary N) is 2. The molecule has 1 saturated carbocycles. The number of aliphatic carboxylic acids is 1. The Balaban J connectivity index is 1.74. The number of anilines is 1. The van der Waals surface area contributed by atoms with Crippen molar-refractivity contribution in [3.8, 4) is 0 Å². The van der Waals surface area contributed by atoms with E-state index in [1.165, 1.54) is 6.42 Å². The number of carboxylic acid groups (broad SMARTS) is 1. The lowest BCUT2D eigenvalue weighted by atomic mass is 9.82. The van der Waals surface area contributed by atoms with Gasteiger partial charge in [0, 0.05) is 18.8 Å². The van der Waals surface area contributed by atoms with Crippen LogP contribution in [0.4, 0.5) is 5.69 Å². The van der Waals surface area contributed by atoms with Crippen LogP contribution in [0, 0.1) is 11.8 Å². The van der Waals surface area contributed by atoms with Gasteiger partial charge in [-0.2, -0.15) is 5.10 Å². The van der Waals surface area contributed by atoms with Crippen LogP contribution in [0.25, 0.3) is 0 Å². The number of nitrogens with zero attached hydrogens (tertiary/aromatic N) is 2. The van der Waals surface area contributed by atoms with Crippen LogP contribution < -0.4 is 10.6 Å². The highest BCUT2D eigenvalue weighted by molar-refractivity contribution is 6.03. The third kappa shape index (κ3) is 4.61. The molecule has 2 amide bonds. The lowest BCUT2D eigenvalue weighted by molar-refractivity contribution is -0.146. The Kier molecular flexibility index (Phi) is 6.49. The molecule has 1 fully saturated rings. The van der Waals surface area contributed by atoms with E-state index in [-0.39, 0.29) is 23.6 Å². The normalized spacial score (nSPS) is 22.6. The van der Waals surface area contributed by atoms with Crippen LogP contribution in [-0.2, 0) is 16.1 Å². The van der Waals surface area contributed by atoms with Crippen molar-refractivity contribution in [3.05, 3.63) is 24.0 Å². The minimum atomic E-state index is -0.982. The summed E-state index contributed by atoms with van der Waals surface area (Å²) < 4.78 is 1.60. The van der Waals surface area contributed by atoms with E-state index in [1.807, 2.05) is 13.0 Å². The smallest absolute Gasteiger partial charge is 0.307 e. The predicted octanol–water partition coefficient (Wildman–Crippen LogP) is 2.57. The Bertz CT molecular complexity index is 764. The van der Waals surface area contributed by atoms with E-state index >= 15 is 0 Å². The van der Waals surface area contributed by atoms with E-state index in [2.05, 4.69) is 15.7 Å². The van der Waals surface area contributed by atoms with E-state index in [1.54, 1.807) is 17.0 Å². The molecule has 0 aromatic carbocycles. The van der Waals surface area contributed by atoms with Gasteiger partial charge in [-0.05, 0) is 32.6 Å². The zero-order valence-corrected chi connectivity index (χ0v) is 16.2. The molecule has 0 saturated heterocycles. The largest absolute Gasteiger partial charge is 0.481 e. The van der Waals surface area contributed by atoms with Crippen molar-refractivity contribution in [2.45, 2.75) is 64.5 Å². The lowest BCUT2D eigenvalue weighted by Gasteiger charge is -2.24. The summed E-state index contributed by atoms with van der Waals surface area (Å²) in [5.41, 5.74) is 0.512. The van der Waals surface area contributed by atoms with Gasteiger partial charge in [-0.15, -0.1) is 0 Å². The van der Waals surface area contributed by atoms with Gasteiger partial charge in [0.25, 0.3) is 5.91 Å². The highest BCUT2D eigenvalue weighted by atomic mass is 16.4. The summed E-state index contributed by atoms with van der Waals surface area (Å²) in [5, 5.41) is 19.5. The molecule has 0 bridgehead atoms. The first-order chi connectivity index (χ1) is 13.5. The zero-order valence-electron chi connectivity index (χ0n) is 16.2. The number of hydrogen-bond donors (Lipinski definition) is 3. The van der Waals surface area contributed by atoms with Gasteiger partial charge in [-0.1, -0.05) is 31.4 Å². The summed E-state index contributed by atoms with van der Waals surface area (Å²) in [6.45, 7) is 2.46. The first-order valence-electron chi connectivity index (χ1n) is 10.1. The number of rotatable bonds is 6. The van der Waals surface area contributed by atoms with E-state index in [0.717, 1.165) is 25.7 Å². The van der Waals surface area contributed by atoms with Crippen LogP contribution in [0.5, 0.6) is 0 Å². The Hall–Kier alpha value is -2.64. The third-order valence-electron chi connectivity index (χ3n) is 5.59. The highest BCUT2D eigenvalue weighted by Gasteiger charge is 2.35. The van der Waals surface area contributed by atoms with Crippen LogP contribution in [0.3, 0.4) is 0 Å². The van der Waals surface area contributed by atoms with Gasteiger partial charge >= 0.3 is 5.97 Å².